The Morgan fingerprint density at radius 3 is 2.60 bits per heavy atom. The molecule has 5 aliphatic rings. The Hall–Kier alpha value is -1.19. The summed E-state index contributed by atoms with van der Waals surface area (Å²) in [6, 6.07) is 0. The fourth-order valence-electron chi connectivity index (χ4n) is 8.78. The van der Waals surface area contributed by atoms with Crippen LogP contribution < -0.4 is 0 Å². The van der Waals surface area contributed by atoms with Crippen LogP contribution in [0.2, 0.25) is 0 Å². The van der Waals surface area contributed by atoms with E-state index in [1.165, 1.54) is 0 Å². The van der Waals surface area contributed by atoms with Crippen LogP contribution in [0.1, 0.15) is 73.1 Å². The summed E-state index contributed by atoms with van der Waals surface area (Å²) in [4.78, 5) is 26.4. The maximum atomic E-state index is 14.2. The van der Waals surface area contributed by atoms with E-state index in [-0.39, 0.29) is 55.5 Å². The minimum absolute atomic E-state index is 0.0631. The van der Waals surface area contributed by atoms with Gasteiger partial charge in [-0.05, 0) is 57.4 Å². The molecule has 0 amide bonds. The Morgan fingerprint density at radius 1 is 1.20 bits per heavy atom. The van der Waals surface area contributed by atoms with Gasteiger partial charge >= 0.3 is 7.60 Å². The molecule has 3 fully saturated rings. The van der Waals surface area contributed by atoms with Crippen LogP contribution in [0.3, 0.4) is 0 Å². The van der Waals surface area contributed by atoms with Crippen LogP contribution in [-0.4, -0.2) is 66.9 Å². The largest absolute Gasteiger partial charge is 0.393 e. The molecule has 1 unspecified atom stereocenters. The second-order valence-electron chi connectivity index (χ2n) is 12.5. The molecule has 5 rings (SSSR count). The number of hydrogen-bond acceptors (Lipinski definition) is 9. The monoisotopic (exact) mass is 580 g/mol. The Morgan fingerprint density at radius 2 is 1.93 bits per heavy atom. The van der Waals surface area contributed by atoms with Crippen LogP contribution in [-0.2, 0) is 37.4 Å². The molecule has 0 aromatic heterocycles. The number of aliphatic hydroxyl groups is 1. The molecule has 0 spiro atoms. The second-order valence-corrected chi connectivity index (χ2v) is 14.5. The third-order valence-corrected chi connectivity index (χ3v) is 12.1. The quantitative estimate of drug-likeness (QED) is 0.267. The van der Waals surface area contributed by atoms with Crippen molar-refractivity contribution in [1.29, 1.82) is 0 Å². The Bertz CT molecular complexity index is 1110. The van der Waals surface area contributed by atoms with Gasteiger partial charge in [-0.2, -0.15) is 0 Å². The number of ketones is 2. The second kappa shape index (κ2) is 11.1. The number of fused-ring (bicyclic) bond motifs is 7. The zero-order chi connectivity index (χ0) is 28.9. The van der Waals surface area contributed by atoms with Gasteiger partial charge in [0.1, 0.15) is 13.0 Å². The van der Waals surface area contributed by atoms with Crippen LogP contribution in [0.5, 0.6) is 0 Å². The molecule has 40 heavy (non-hydrogen) atoms. The third kappa shape index (κ3) is 4.64. The van der Waals surface area contributed by atoms with E-state index < -0.39 is 42.5 Å². The van der Waals surface area contributed by atoms with Crippen molar-refractivity contribution in [1.82, 2.24) is 0 Å². The van der Waals surface area contributed by atoms with Crippen molar-refractivity contribution in [2.24, 2.45) is 28.6 Å². The standard InChI is InChI=1S/C30H45O9P/c1-6-9-26-38-25-15-22-21-11-10-19-14-20(31)12-13-28(19,4)27(21)23(32)16-29(22,5)30(25,39-26)24(33)17-35-18-40(34,36-7-2)37-8-3/h10,12-13,21-23,25-27,32H,6-9,11,14-18H2,1-5H3/t21-,22-,23-,25+,26?,27+,28-,29-,30+/m0/s1. The van der Waals surface area contributed by atoms with E-state index >= 15 is 0 Å². The molecule has 1 saturated heterocycles. The van der Waals surface area contributed by atoms with Gasteiger partial charge in [-0.1, -0.05) is 44.9 Å². The van der Waals surface area contributed by atoms with Crippen LogP contribution in [0.15, 0.2) is 23.8 Å². The van der Waals surface area contributed by atoms with Crippen molar-refractivity contribution < 1.29 is 42.5 Å². The number of carbonyl (C=O) groups excluding carboxylic acids is 2. The first-order valence-electron chi connectivity index (χ1n) is 14.9. The van der Waals surface area contributed by atoms with Gasteiger partial charge in [0.2, 0.25) is 0 Å². The summed E-state index contributed by atoms with van der Waals surface area (Å²) in [5.74, 6) is -0.0562. The first-order chi connectivity index (χ1) is 19.0. The van der Waals surface area contributed by atoms with Gasteiger partial charge in [0.05, 0.1) is 25.4 Å². The number of ether oxygens (including phenoxy) is 3. The number of allylic oxidation sites excluding steroid dienone is 4. The fourth-order valence-corrected chi connectivity index (χ4v) is 10.1. The Labute approximate surface area is 237 Å². The molecule has 9 atom stereocenters. The van der Waals surface area contributed by atoms with Gasteiger partial charge < -0.3 is 28.4 Å². The number of rotatable bonds is 11. The highest BCUT2D eigenvalue weighted by molar-refractivity contribution is 7.53. The lowest BCUT2D eigenvalue weighted by molar-refractivity contribution is -0.199. The minimum Gasteiger partial charge on any atom is -0.393 e. The highest BCUT2D eigenvalue weighted by Crippen LogP contribution is 2.69. The summed E-state index contributed by atoms with van der Waals surface area (Å²) in [5, 5.41) is 11.8. The molecule has 1 aliphatic heterocycles. The Kier molecular flexibility index (Phi) is 8.43. The lowest BCUT2D eigenvalue weighted by Crippen LogP contribution is -2.63. The average Bonchev–Trinajstić information content (AvgIpc) is 3.37. The predicted molar refractivity (Wildman–Crippen MR) is 147 cm³/mol. The number of carbonyl (C=O) groups is 2. The van der Waals surface area contributed by atoms with Gasteiger partial charge in [0.25, 0.3) is 0 Å². The van der Waals surface area contributed by atoms with E-state index in [0.29, 0.717) is 25.7 Å². The van der Waals surface area contributed by atoms with Gasteiger partial charge in [0, 0.05) is 23.2 Å². The highest BCUT2D eigenvalue weighted by Gasteiger charge is 2.75. The topological polar surface area (TPSA) is 118 Å². The first kappa shape index (κ1) is 30.3. The number of aliphatic hydroxyl groups excluding tert-OH is 1. The molecular formula is C30H45O9P. The maximum Gasteiger partial charge on any atom is 0.356 e. The number of Topliss-reactive ketones (excluding diaryl/α,β-unsaturated/α-hetero) is 1. The summed E-state index contributed by atoms with van der Waals surface area (Å²) >= 11 is 0. The molecular weight excluding hydrogens is 535 g/mol. The lowest BCUT2D eigenvalue weighted by Gasteiger charge is -2.59. The number of hydrogen-bond donors (Lipinski definition) is 1. The lowest BCUT2D eigenvalue weighted by atomic mass is 9.47. The minimum atomic E-state index is -3.48. The molecule has 0 aromatic rings. The maximum absolute atomic E-state index is 14.2. The molecule has 224 valence electrons. The smallest absolute Gasteiger partial charge is 0.356 e. The first-order valence-corrected chi connectivity index (χ1v) is 16.6. The van der Waals surface area contributed by atoms with Crippen LogP contribution in [0.25, 0.3) is 0 Å². The molecule has 0 radical (unpaired) electrons. The van der Waals surface area contributed by atoms with Crippen molar-refractivity contribution >= 4 is 19.2 Å². The van der Waals surface area contributed by atoms with Crippen LogP contribution in [0, 0.1) is 28.6 Å². The Balaban J connectivity index is 1.44. The highest BCUT2D eigenvalue weighted by atomic mass is 31.2. The summed E-state index contributed by atoms with van der Waals surface area (Å²) in [6.07, 6.45) is 7.51. The predicted octanol–water partition coefficient (Wildman–Crippen LogP) is 4.96. The van der Waals surface area contributed by atoms with E-state index in [4.69, 9.17) is 23.3 Å². The molecule has 4 aliphatic carbocycles. The molecule has 1 N–H and O–H groups in total. The van der Waals surface area contributed by atoms with E-state index in [1.54, 1.807) is 19.9 Å². The third-order valence-electron chi connectivity index (χ3n) is 10.3. The summed E-state index contributed by atoms with van der Waals surface area (Å²) in [5.41, 5.74) is -1.29. The van der Waals surface area contributed by atoms with Gasteiger partial charge in [-0.25, -0.2) is 0 Å². The van der Waals surface area contributed by atoms with Crippen molar-refractivity contribution in [3.63, 3.8) is 0 Å². The van der Waals surface area contributed by atoms with Gasteiger partial charge in [-0.15, -0.1) is 0 Å². The van der Waals surface area contributed by atoms with Gasteiger partial charge in [0.15, 0.2) is 23.5 Å². The zero-order valence-electron chi connectivity index (χ0n) is 24.4. The van der Waals surface area contributed by atoms with Crippen molar-refractivity contribution in [2.45, 2.75) is 97.2 Å². The van der Waals surface area contributed by atoms with Crippen LogP contribution in [0.4, 0.5) is 0 Å². The van der Waals surface area contributed by atoms with Gasteiger partial charge in [-0.3, -0.25) is 14.2 Å². The van der Waals surface area contributed by atoms with Crippen LogP contribution >= 0.6 is 7.60 Å². The zero-order valence-corrected chi connectivity index (χ0v) is 25.3. The van der Waals surface area contributed by atoms with Crippen molar-refractivity contribution in [3.05, 3.63) is 23.8 Å². The molecule has 9 nitrogen and oxygen atoms in total. The molecule has 2 saturated carbocycles. The molecule has 0 aromatic carbocycles. The summed E-state index contributed by atoms with van der Waals surface area (Å²) < 4.78 is 42.4. The van der Waals surface area contributed by atoms with E-state index in [0.717, 1.165) is 18.4 Å². The average molecular weight is 581 g/mol. The SMILES string of the molecule is CCCC1O[C@@H]2C[C@H]3[C@@H]4CC=C5CC(=O)C=C[C@]5(C)[C@H]4[C@@H](O)C[C@]3(C)[C@]2(C(=O)COCP(=O)(OCC)OCC)O1. The summed E-state index contributed by atoms with van der Waals surface area (Å²) in [6.45, 7) is 9.79. The van der Waals surface area contributed by atoms with Crippen molar-refractivity contribution in [3.8, 4) is 0 Å². The van der Waals surface area contributed by atoms with E-state index in [9.17, 15) is 19.3 Å². The molecule has 0 bridgehead atoms. The van der Waals surface area contributed by atoms with Crippen molar-refractivity contribution in [2.75, 3.05) is 26.2 Å². The fraction of sp³-hybridized carbons (Fsp3) is 0.800. The molecule has 1 heterocycles. The van der Waals surface area contributed by atoms with E-state index in [2.05, 4.69) is 19.9 Å². The normalized spacial score (nSPS) is 42.1. The summed E-state index contributed by atoms with van der Waals surface area (Å²) in [7, 11) is -3.48. The molecule has 10 heteroatoms. The van der Waals surface area contributed by atoms with E-state index in [1.807, 2.05) is 13.0 Å².